The van der Waals surface area contributed by atoms with Gasteiger partial charge in [0, 0.05) is 17.3 Å². The molecular formula is C61H49N. The average Bonchev–Trinajstić information content (AvgIpc) is 3.63. The summed E-state index contributed by atoms with van der Waals surface area (Å²) in [5.41, 5.74) is 18.8. The largest absolute Gasteiger partial charge is 0.256 e. The predicted octanol–water partition coefficient (Wildman–Crippen LogP) is 16.6. The molecule has 1 nitrogen and oxygen atoms in total. The van der Waals surface area contributed by atoms with Crippen molar-refractivity contribution in [1.82, 2.24) is 4.98 Å². The first-order valence-corrected chi connectivity index (χ1v) is 21.8. The molecule has 0 fully saturated rings. The van der Waals surface area contributed by atoms with E-state index in [-0.39, 0.29) is 0 Å². The average molecular weight is 796 g/mol. The zero-order valence-corrected chi connectivity index (χ0v) is 35.7. The molecule has 0 saturated carbocycles. The van der Waals surface area contributed by atoms with Gasteiger partial charge in [0.1, 0.15) is 0 Å². The molecule has 10 rings (SSSR count). The van der Waals surface area contributed by atoms with Gasteiger partial charge in [-0.25, -0.2) is 0 Å². The molecule has 1 aromatic heterocycles. The topological polar surface area (TPSA) is 12.9 Å². The standard InChI is InChI=1S/C61H49N/c1-6-40(4)47-22-16-18-28-55(47)61(54(8-3)41(5)7-2)56-29-19-17-23-48(56)53-38-45(34-36-57(53)61)42-30-32-43(33-31-42)46-35-37-58(62-39-46)60-51-26-14-12-24-49(51)59(44-20-10-9-11-21-44)50-25-13-15-27-52(50)60/h7-40H,2-3,6H2,1,4-5H3/b54-41+. The molecular weight excluding hydrogens is 747 g/mol. The van der Waals surface area contributed by atoms with Crippen molar-refractivity contribution in [2.75, 3.05) is 0 Å². The summed E-state index contributed by atoms with van der Waals surface area (Å²) in [7, 11) is 0. The van der Waals surface area contributed by atoms with Crippen molar-refractivity contribution < 1.29 is 0 Å². The number of fused-ring (bicyclic) bond motifs is 5. The Morgan fingerprint density at radius 2 is 1.05 bits per heavy atom. The Kier molecular flexibility index (Phi) is 9.97. The normalized spacial score (nSPS) is 15.1. The predicted molar refractivity (Wildman–Crippen MR) is 265 cm³/mol. The first-order chi connectivity index (χ1) is 30.5. The maximum atomic E-state index is 5.15. The fraction of sp³-hybridized carbons (Fsp3) is 0.0984. The Morgan fingerprint density at radius 3 is 1.66 bits per heavy atom. The summed E-state index contributed by atoms with van der Waals surface area (Å²) >= 11 is 0. The third-order valence-corrected chi connectivity index (χ3v) is 13.5. The van der Waals surface area contributed by atoms with E-state index in [9.17, 15) is 0 Å². The zero-order chi connectivity index (χ0) is 42.4. The van der Waals surface area contributed by atoms with Crippen LogP contribution in [0.5, 0.6) is 0 Å². The Bertz CT molecular complexity index is 3150. The Labute approximate surface area is 366 Å². The molecule has 298 valence electrons. The molecule has 1 heteroatoms. The number of hydrogen-bond acceptors (Lipinski definition) is 1. The fourth-order valence-corrected chi connectivity index (χ4v) is 10.3. The van der Waals surface area contributed by atoms with Crippen molar-refractivity contribution in [3.63, 3.8) is 0 Å². The molecule has 0 radical (unpaired) electrons. The van der Waals surface area contributed by atoms with Crippen LogP contribution in [0.3, 0.4) is 0 Å². The number of pyridine rings is 1. The molecule has 0 amide bonds. The Morgan fingerprint density at radius 1 is 0.516 bits per heavy atom. The van der Waals surface area contributed by atoms with Crippen LogP contribution in [0.2, 0.25) is 0 Å². The van der Waals surface area contributed by atoms with Crippen LogP contribution in [0, 0.1) is 0 Å². The van der Waals surface area contributed by atoms with E-state index in [0.29, 0.717) is 5.92 Å². The minimum atomic E-state index is -0.532. The van der Waals surface area contributed by atoms with Crippen molar-refractivity contribution in [3.05, 3.63) is 247 Å². The zero-order valence-electron chi connectivity index (χ0n) is 35.7. The van der Waals surface area contributed by atoms with Crippen LogP contribution in [0.25, 0.3) is 77.3 Å². The molecule has 62 heavy (non-hydrogen) atoms. The van der Waals surface area contributed by atoms with Crippen molar-refractivity contribution in [2.24, 2.45) is 0 Å². The lowest BCUT2D eigenvalue weighted by atomic mass is 9.63. The minimum absolute atomic E-state index is 0.393. The van der Waals surface area contributed by atoms with Crippen LogP contribution >= 0.6 is 0 Å². The third-order valence-electron chi connectivity index (χ3n) is 13.5. The van der Waals surface area contributed by atoms with Gasteiger partial charge in [0.25, 0.3) is 0 Å². The highest BCUT2D eigenvalue weighted by Gasteiger charge is 2.48. The SMILES string of the molecule is C=C/C(C)=C(\C=C)C1(c2ccccc2C(C)CC)c2ccccc2-c2cc(-c3ccc(-c4ccc(-c5c6ccccc6c(-c6ccccc6)c6ccccc56)nc4)cc3)ccc21. The van der Waals surface area contributed by atoms with Gasteiger partial charge >= 0.3 is 0 Å². The van der Waals surface area contributed by atoms with Crippen molar-refractivity contribution in [1.29, 1.82) is 0 Å². The molecule has 0 spiro atoms. The number of allylic oxidation sites excluding steroid dienone is 4. The van der Waals surface area contributed by atoms with Gasteiger partial charge in [-0.3, -0.25) is 4.98 Å². The van der Waals surface area contributed by atoms with Crippen molar-refractivity contribution in [3.8, 4) is 55.8 Å². The summed E-state index contributed by atoms with van der Waals surface area (Å²) in [6, 6.07) is 66.6. The van der Waals surface area contributed by atoms with E-state index in [4.69, 9.17) is 4.98 Å². The quantitative estimate of drug-likeness (QED) is 0.0992. The van der Waals surface area contributed by atoms with Crippen LogP contribution in [0.4, 0.5) is 0 Å². The van der Waals surface area contributed by atoms with Gasteiger partial charge in [-0.15, -0.1) is 0 Å². The van der Waals surface area contributed by atoms with Crippen molar-refractivity contribution in [2.45, 2.75) is 38.5 Å². The molecule has 1 aliphatic rings. The Hall–Kier alpha value is -7.35. The van der Waals surface area contributed by atoms with Crippen molar-refractivity contribution >= 4 is 21.5 Å². The number of benzene rings is 8. The number of nitrogens with zero attached hydrogens (tertiary/aromatic N) is 1. The summed E-state index contributed by atoms with van der Waals surface area (Å²) in [6.07, 6.45) is 7.13. The molecule has 9 aromatic rings. The lowest BCUT2D eigenvalue weighted by Crippen LogP contribution is -2.31. The van der Waals surface area contributed by atoms with Crippen LogP contribution in [0.1, 0.15) is 55.4 Å². The molecule has 1 heterocycles. The molecule has 0 bridgehead atoms. The van der Waals surface area contributed by atoms with E-state index in [2.05, 4.69) is 222 Å². The van der Waals surface area contributed by atoms with E-state index >= 15 is 0 Å². The lowest BCUT2D eigenvalue weighted by molar-refractivity contribution is 0.683. The molecule has 0 aliphatic heterocycles. The van der Waals surface area contributed by atoms with E-state index in [1.807, 2.05) is 12.3 Å². The van der Waals surface area contributed by atoms with Gasteiger partial charge < -0.3 is 0 Å². The number of hydrogen-bond donors (Lipinski definition) is 0. The van der Waals surface area contributed by atoms with Gasteiger partial charge in [0.05, 0.1) is 11.1 Å². The summed E-state index contributed by atoms with van der Waals surface area (Å²) in [5.74, 6) is 0.393. The smallest absolute Gasteiger partial charge is 0.0718 e. The van der Waals surface area contributed by atoms with Crippen LogP contribution in [0.15, 0.2) is 225 Å². The van der Waals surface area contributed by atoms with Gasteiger partial charge in [-0.05, 0) is 125 Å². The molecule has 2 unspecified atom stereocenters. The first-order valence-electron chi connectivity index (χ1n) is 21.8. The third kappa shape index (κ3) is 6.11. The summed E-state index contributed by atoms with van der Waals surface area (Å²) in [6.45, 7) is 15.5. The van der Waals surface area contributed by atoms with E-state index in [1.54, 1.807) is 0 Å². The lowest BCUT2D eigenvalue weighted by Gasteiger charge is -2.38. The summed E-state index contributed by atoms with van der Waals surface area (Å²) < 4.78 is 0. The van der Waals surface area contributed by atoms with Gasteiger partial charge in [-0.2, -0.15) is 0 Å². The maximum Gasteiger partial charge on any atom is 0.0718 e. The highest BCUT2D eigenvalue weighted by molar-refractivity contribution is 6.21. The monoisotopic (exact) mass is 795 g/mol. The van der Waals surface area contributed by atoms with Crippen LogP contribution in [-0.4, -0.2) is 4.98 Å². The highest BCUT2D eigenvalue weighted by Crippen LogP contribution is 2.59. The van der Waals surface area contributed by atoms with E-state index < -0.39 is 5.41 Å². The maximum absolute atomic E-state index is 5.15. The molecule has 0 N–H and O–H groups in total. The second-order valence-electron chi connectivity index (χ2n) is 16.7. The molecule has 2 atom stereocenters. The highest BCUT2D eigenvalue weighted by atomic mass is 14.7. The Balaban J connectivity index is 1.04. The van der Waals surface area contributed by atoms with Gasteiger partial charge in [0.2, 0.25) is 0 Å². The van der Waals surface area contributed by atoms with E-state index in [0.717, 1.165) is 28.8 Å². The molecule has 8 aromatic carbocycles. The molecule has 1 aliphatic carbocycles. The molecule has 0 saturated heterocycles. The van der Waals surface area contributed by atoms with Crippen LogP contribution < -0.4 is 0 Å². The van der Waals surface area contributed by atoms with Gasteiger partial charge in [0.15, 0.2) is 0 Å². The minimum Gasteiger partial charge on any atom is -0.256 e. The number of rotatable bonds is 10. The van der Waals surface area contributed by atoms with Crippen LogP contribution in [-0.2, 0) is 5.41 Å². The summed E-state index contributed by atoms with van der Waals surface area (Å²) in [4.78, 5) is 5.15. The second kappa shape index (κ2) is 15.9. The second-order valence-corrected chi connectivity index (χ2v) is 16.7. The van der Waals surface area contributed by atoms with Gasteiger partial charge in [-0.1, -0.05) is 209 Å². The number of aromatic nitrogens is 1. The first kappa shape index (κ1) is 38.8. The fourth-order valence-electron chi connectivity index (χ4n) is 10.3. The summed E-state index contributed by atoms with van der Waals surface area (Å²) in [5, 5.41) is 4.87. The van der Waals surface area contributed by atoms with E-state index in [1.165, 1.54) is 88.3 Å².